The van der Waals surface area contributed by atoms with Crippen LogP contribution in [-0.2, 0) is 20.6 Å². The van der Waals surface area contributed by atoms with Crippen LogP contribution in [0.3, 0.4) is 0 Å². The summed E-state index contributed by atoms with van der Waals surface area (Å²) in [6, 6.07) is 5.07. The summed E-state index contributed by atoms with van der Waals surface area (Å²) < 4.78 is 35.9. The van der Waals surface area contributed by atoms with Crippen molar-refractivity contribution in [2.75, 3.05) is 23.0 Å². The molecule has 1 aromatic rings. The Hall–Kier alpha value is -0.400. The summed E-state index contributed by atoms with van der Waals surface area (Å²) in [4.78, 5) is 0.482. The molecule has 0 heterocycles. The maximum absolute atomic E-state index is 12.0. The van der Waals surface area contributed by atoms with Crippen LogP contribution in [0.25, 0.3) is 0 Å². The number of benzene rings is 1. The second-order valence-electron chi connectivity index (χ2n) is 3.88. The molecule has 0 aliphatic heterocycles. The Kier molecular flexibility index (Phi) is 5.81. The minimum Gasteiger partial charge on any atom is -0.398 e. The Morgan fingerprint density at radius 2 is 2.00 bits per heavy atom. The Morgan fingerprint density at radius 1 is 1.33 bits per heavy atom. The fourth-order valence-corrected chi connectivity index (χ4v) is 5.20. The lowest BCUT2D eigenvalue weighted by Crippen LogP contribution is -2.16. The molecule has 0 saturated carbocycles. The molecule has 1 aromatic carbocycles. The maximum Gasteiger partial charge on any atom is 0.151 e. The predicted molar refractivity (Wildman–Crippen MR) is 78.8 cm³/mol. The Morgan fingerprint density at radius 3 is 2.61 bits per heavy atom. The highest BCUT2D eigenvalue weighted by molar-refractivity contribution is 9.10. The molecular formula is C11H16BrNO3S2. The van der Waals surface area contributed by atoms with Crippen molar-refractivity contribution in [3.05, 3.63) is 22.7 Å². The summed E-state index contributed by atoms with van der Waals surface area (Å²) in [5.74, 6) is 0.153. The number of rotatable bonds is 6. The fourth-order valence-electron chi connectivity index (χ4n) is 1.43. The lowest BCUT2D eigenvalue weighted by atomic mass is 10.3. The van der Waals surface area contributed by atoms with Crippen LogP contribution in [0.2, 0.25) is 0 Å². The van der Waals surface area contributed by atoms with Gasteiger partial charge in [-0.15, -0.1) is 0 Å². The van der Waals surface area contributed by atoms with E-state index < -0.39 is 20.6 Å². The van der Waals surface area contributed by atoms with E-state index in [4.69, 9.17) is 5.73 Å². The van der Waals surface area contributed by atoms with Crippen molar-refractivity contribution in [1.82, 2.24) is 0 Å². The minimum absolute atomic E-state index is 0.0700. The summed E-state index contributed by atoms with van der Waals surface area (Å²) in [5, 5.41) is 0. The van der Waals surface area contributed by atoms with Gasteiger partial charge in [0.1, 0.15) is 0 Å². The Bertz CT molecular complexity index is 543. The highest BCUT2D eigenvalue weighted by Gasteiger charge is 2.14. The van der Waals surface area contributed by atoms with Gasteiger partial charge < -0.3 is 5.73 Å². The van der Waals surface area contributed by atoms with E-state index in [0.29, 0.717) is 17.0 Å². The van der Waals surface area contributed by atoms with E-state index in [0.717, 1.165) is 4.47 Å². The molecule has 18 heavy (non-hydrogen) atoms. The zero-order chi connectivity index (χ0) is 13.8. The fraction of sp³-hybridized carbons (Fsp3) is 0.455. The highest BCUT2D eigenvalue weighted by atomic mass is 79.9. The number of hydrogen-bond acceptors (Lipinski definition) is 4. The normalized spacial score (nSPS) is 13.4. The zero-order valence-electron chi connectivity index (χ0n) is 10.1. The number of nitrogens with two attached hydrogens (primary N) is 1. The summed E-state index contributed by atoms with van der Waals surface area (Å²) >= 11 is 3.27. The van der Waals surface area contributed by atoms with Crippen LogP contribution in [0.15, 0.2) is 27.6 Å². The summed E-state index contributed by atoms with van der Waals surface area (Å²) in [6.45, 7) is 1.81. The van der Waals surface area contributed by atoms with Crippen molar-refractivity contribution in [3.8, 4) is 0 Å². The van der Waals surface area contributed by atoms with Crippen LogP contribution in [0.4, 0.5) is 5.69 Å². The monoisotopic (exact) mass is 353 g/mol. The molecule has 102 valence electrons. The molecule has 7 heteroatoms. The number of nitrogen functional groups attached to an aromatic ring is 1. The third-order valence-corrected chi connectivity index (χ3v) is 6.34. The molecule has 0 spiro atoms. The molecule has 2 N–H and O–H groups in total. The average molecular weight is 354 g/mol. The first kappa shape index (κ1) is 15.7. The van der Waals surface area contributed by atoms with Gasteiger partial charge in [-0.1, -0.05) is 22.9 Å². The smallest absolute Gasteiger partial charge is 0.151 e. The molecule has 0 aromatic heterocycles. The van der Waals surface area contributed by atoms with Gasteiger partial charge in [0.2, 0.25) is 0 Å². The van der Waals surface area contributed by atoms with Gasteiger partial charge in [-0.25, -0.2) is 8.42 Å². The highest BCUT2D eigenvalue weighted by Crippen LogP contribution is 2.22. The lowest BCUT2D eigenvalue weighted by Gasteiger charge is -2.07. The van der Waals surface area contributed by atoms with Gasteiger partial charge in [-0.3, -0.25) is 4.21 Å². The molecule has 1 atom stereocenters. The van der Waals surface area contributed by atoms with E-state index in [1.807, 2.05) is 0 Å². The first-order valence-electron chi connectivity index (χ1n) is 5.49. The molecule has 0 bridgehead atoms. The van der Waals surface area contributed by atoms with Crippen molar-refractivity contribution in [1.29, 1.82) is 0 Å². The molecule has 0 radical (unpaired) electrons. The lowest BCUT2D eigenvalue weighted by molar-refractivity contribution is 0.595. The van der Waals surface area contributed by atoms with Crippen molar-refractivity contribution in [2.45, 2.75) is 18.2 Å². The van der Waals surface area contributed by atoms with Crippen LogP contribution in [0.5, 0.6) is 0 Å². The Labute approximate surface area is 118 Å². The average Bonchev–Trinajstić information content (AvgIpc) is 2.29. The molecule has 1 unspecified atom stereocenters. The van der Waals surface area contributed by atoms with Crippen LogP contribution < -0.4 is 5.73 Å². The summed E-state index contributed by atoms with van der Waals surface area (Å²) in [6.07, 6.45) is 0.577. The van der Waals surface area contributed by atoms with E-state index in [2.05, 4.69) is 15.9 Å². The van der Waals surface area contributed by atoms with E-state index in [1.165, 1.54) is 0 Å². The zero-order valence-corrected chi connectivity index (χ0v) is 13.3. The molecule has 0 aliphatic carbocycles. The molecule has 0 fully saturated rings. The number of sulfone groups is 1. The standard InChI is InChI=1S/C11H16BrNO3S2/c1-2-6-18(15,16)7-5-17(14)11-8-9(12)3-4-10(11)13/h3-4,8H,2,5-7,13H2,1H3. The predicted octanol–water partition coefficient (Wildman–Crippen LogP) is 1.96. The summed E-state index contributed by atoms with van der Waals surface area (Å²) in [5.41, 5.74) is 6.15. The summed E-state index contributed by atoms with van der Waals surface area (Å²) in [7, 11) is -4.49. The first-order valence-corrected chi connectivity index (χ1v) is 9.43. The number of anilines is 1. The molecule has 0 amide bonds. The third-order valence-electron chi connectivity index (χ3n) is 2.32. The first-order chi connectivity index (χ1) is 8.35. The number of hydrogen-bond donors (Lipinski definition) is 1. The Balaban J connectivity index is 2.75. The van der Waals surface area contributed by atoms with Crippen molar-refractivity contribution < 1.29 is 12.6 Å². The van der Waals surface area contributed by atoms with E-state index in [1.54, 1.807) is 25.1 Å². The van der Waals surface area contributed by atoms with Crippen molar-refractivity contribution in [2.24, 2.45) is 0 Å². The topological polar surface area (TPSA) is 77.2 Å². The third kappa shape index (κ3) is 4.70. The van der Waals surface area contributed by atoms with Gasteiger partial charge in [0.15, 0.2) is 9.84 Å². The SMILES string of the molecule is CCCS(=O)(=O)CCS(=O)c1cc(Br)ccc1N. The molecule has 4 nitrogen and oxygen atoms in total. The second kappa shape index (κ2) is 6.68. The minimum atomic E-state index is -3.10. The number of halogens is 1. The molecule has 0 aliphatic rings. The maximum atomic E-state index is 12.0. The van der Waals surface area contributed by atoms with Gasteiger partial charge in [0.25, 0.3) is 0 Å². The van der Waals surface area contributed by atoms with Crippen LogP contribution >= 0.6 is 15.9 Å². The second-order valence-corrected chi connectivity index (χ2v) is 8.64. The molecular weight excluding hydrogens is 338 g/mol. The van der Waals surface area contributed by atoms with Crippen molar-refractivity contribution >= 4 is 42.3 Å². The van der Waals surface area contributed by atoms with E-state index >= 15 is 0 Å². The van der Waals surface area contributed by atoms with Crippen LogP contribution in [0, 0.1) is 0 Å². The van der Waals surface area contributed by atoms with Gasteiger partial charge in [-0.2, -0.15) is 0 Å². The van der Waals surface area contributed by atoms with Gasteiger partial charge >= 0.3 is 0 Å². The quantitative estimate of drug-likeness (QED) is 0.793. The van der Waals surface area contributed by atoms with Crippen molar-refractivity contribution in [3.63, 3.8) is 0 Å². The van der Waals surface area contributed by atoms with Gasteiger partial charge in [0, 0.05) is 21.7 Å². The van der Waals surface area contributed by atoms with Gasteiger partial charge in [-0.05, 0) is 24.6 Å². The van der Waals surface area contributed by atoms with E-state index in [9.17, 15) is 12.6 Å². The van der Waals surface area contributed by atoms with Crippen LogP contribution in [-0.4, -0.2) is 29.9 Å². The largest absolute Gasteiger partial charge is 0.398 e. The van der Waals surface area contributed by atoms with Gasteiger partial charge in [0.05, 0.1) is 21.4 Å². The van der Waals surface area contributed by atoms with E-state index in [-0.39, 0.29) is 17.3 Å². The molecule has 1 rings (SSSR count). The molecule has 0 saturated heterocycles. The van der Waals surface area contributed by atoms with Crippen LogP contribution in [0.1, 0.15) is 13.3 Å².